The van der Waals surface area contributed by atoms with E-state index in [4.69, 9.17) is 4.74 Å². The van der Waals surface area contributed by atoms with E-state index in [1.54, 1.807) is 7.11 Å². The number of aromatic nitrogens is 2. The van der Waals surface area contributed by atoms with E-state index in [2.05, 4.69) is 5.10 Å². The number of ether oxygens (including phenoxy) is 1. The first kappa shape index (κ1) is 14.8. The Morgan fingerprint density at radius 1 is 1.33 bits per heavy atom. The van der Waals surface area contributed by atoms with Crippen molar-refractivity contribution in [3.8, 4) is 11.5 Å². The highest BCUT2D eigenvalue weighted by atomic mass is 16.5. The number of aryl methyl sites for hydroxylation is 2. The maximum atomic E-state index is 11.5. The molecule has 0 fully saturated rings. The Hall–Kier alpha value is -2.63. The van der Waals surface area contributed by atoms with Gasteiger partial charge in [-0.1, -0.05) is 12.1 Å². The Labute approximate surface area is 121 Å². The Kier molecular flexibility index (Phi) is 4.37. The molecule has 0 amide bonds. The Morgan fingerprint density at radius 2 is 2.00 bits per heavy atom. The van der Waals surface area contributed by atoms with E-state index in [-0.39, 0.29) is 5.69 Å². The quantitative estimate of drug-likeness (QED) is 0.841. The number of hydrogen-bond donors (Lipinski definition) is 1. The van der Waals surface area contributed by atoms with Crippen LogP contribution in [0.4, 0.5) is 0 Å². The molecule has 6 heteroatoms. The lowest BCUT2D eigenvalue weighted by molar-refractivity contribution is 0.100. The molecule has 2 rings (SSSR count). The standard InChI is InChI=1S/C15H16N2O4/c1-10(18)14-15(20)13(19)9-17(16-14)8-7-11-3-5-12(21-2)6-4-11/h3-6,9,19H,7-8H2,1-2H3. The van der Waals surface area contributed by atoms with E-state index in [1.807, 2.05) is 24.3 Å². The molecule has 0 aliphatic rings. The van der Waals surface area contributed by atoms with Crippen LogP contribution < -0.4 is 10.2 Å². The van der Waals surface area contributed by atoms with Crippen LogP contribution in [0.3, 0.4) is 0 Å². The maximum absolute atomic E-state index is 11.5. The molecule has 0 saturated carbocycles. The van der Waals surface area contributed by atoms with Gasteiger partial charge >= 0.3 is 0 Å². The summed E-state index contributed by atoms with van der Waals surface area (Å²) in [6.07, 6.45) is 1.88. The summed E-state index contributed by atoms with van der Waals surface area (Å²) in [5, 5.41) is 13.5. The minimum Gasteiger partial charge on any atom is -0.503 e. The first-order chi connectivity index (χ1) is 10.0. The molecule has 0 aliphatic heterocycles. The number of ketones is 1. The topological polar surface area (TPSA) is 81.4 Å². The second-order valence-corrected chi connectivity index (χ2v) is 4.61. The highest BCUT2D eigenvalue weighted by Crippen LogP contribution is 2.12. The average molecular weight is 288 g/mol. The van der Waals surface area contributed by atoms with Gasteiger partial charge in [0.2, 0.25) is 0 Å². The smallest absolute Gasteiger partial charge is 0.252 e. The summed E-state index contributed by atoms with van der Waals surface area (Å²) in [5.41, 5.74) is 0.0769. The molecular formula is C15H16N2O4. The fraction of sp³-hybridized carbons (Fsp3) is 0.267. The summed E-state index contributed by atoms with van der Waals surface area (Å²) >= 11 is 0. The van der Waals surface area contributed by atoms with Crippen LogP contribution in [-0.2, 0) is 13.0 Å². The number of carbonyl (C=O) groups excluding carboxylic acids is 1. The van der Waals surface area contributed by atoms with Crippen LogP contribution in [0.5, 0.6) is 11.5 Å². The van der Waals surface area contributed by atoms with Crippen LogP contribution in [0, 0.1) is 0 Å². The zero-order valence-corrected chi connectivity index (χ0v) is 11.9. The summed E-state index contributed by atoms with van der Waals surface area (Å²) in [4.78, 5) is 22.9. The number of Topliss-reactive ketones (excluding diaryl/α,β-unsaturated/α-hetero) is 1. The van der Waals surface area contributed by atoms with Crippen LogP contribution in [0.1, 0.15) is 23.0 Å². The minimum atomic E-state index is -0.733. The number of benzene rings is 1. The average Bonchev–Trinajstić information content (AvgIpc) is 2.48. The summed E-state index contributed by atoms with van der Waals surface area (Å²) in [6, 6.07) is 7.56. The summed E-state index contributed by atoms with van der Waals surface area (Å²) in [7, 11) is 1.60. The van der Waals surface area contributed by atoms with E-state index in [1.165, 1.54) is 17.8 Å². The van der Waals surface area contributed by atoms with Gasteiger partial charge in [-0.3, -0.25) is 14.3 Å². The van der Waals surface area contributed by atoms with E-state index in [0.29, 0.717) is 13.0 Å². The lowest BCUT2D eigenvalue weighted by Crippen LogP contribution is -2.21. The molecule has 0 aliphatic carbocycles. The van der Waals surface area contributed by atoms with E-state index in [0.717, 1.165) is 11.3 Å². The second-order valence-electron chi connectivity index (χ2n) is 4.61. The molecule has 1 aromatic heterocycles. The molecule has 0 atom stereocenters. The first-order valence-corrected chi connectivity index (χ1v) is 6.46. The van der Waals surface area contributed by atoms with Crippen LogP contribution in [-0.4, -0.2) is 27.8 Å². The van der Waals surface area contributed by atoms with Gasteiger partial charge in [-0.15, -0.1) is 0 Å². The second kappa shape index (κ2) is 6.21. The number of carbonyl (C=O) groups is 1. The lowest BCUT2D eigenvalue weighted by atomic mass is 10.1. The molecule has 1 N–H and O–H groups in total. The third-order valence-corrected chi connectivity index (χ3v) is 3.07. The molecule has 0 spiro atoms. The van der Waals surface area contributed by atoms with Gasteiger partial charge in [-0.25, -0.2) is 0 Å². The largest absolute Gasteiger partial charge is 0.503 e. The predicted octanol–water partition coefficient (Wildman–Crippen LogP) is 1.40. The highest BCUT2D eigenvalue weighted by Gasteiger charge is 2.12. The summed E-state index contributed by atoms with van der Waals surface area (Å²) in [6.45, 7) is 1.69. The van der Waals surface area contributed by atoms with Crippen molar-refractivity contribution in [1.82, 2.24) is 9.78 Å². The molecule has 110 valence electrons. The van der Waals surface area contributed by atoms with Crippen molar-refractivity contribution in [1.29, 1.82) is 0 Å². The fourth-order valence-corrected chi connectivity index (χ4v) is 1.90. The van der Waals surface area contributed by atoms with Gasteiger partial charge < -0.3 is 9.84 Å². The highest BCUT2D eigenvalue weighted by molar-refractivity contribution is 5.92. The first-order valence-electron chi connectivity index (χ1n) is 6.46. The zero-order chi connectivity index (χ0) is 15.4. The lowest BCUT2D eigenvalue weighted by Gasteiger charge is -2.08. The molecule has 6 nitrogen and oxygen atoms in total. The van der Waals surface area contributed by atoms with Crippen molar-refractivity contribution in [2.75, 3.05) is 7.11 Å². The van der Waals surface area contributed by atoms with Gasteiger partial charge in [0.05, 0.1) is 13.3 Å². The molecule has 0 saturated heterocycles. The van der Waals surface area contributed by atoms with Crippen molar-refractivity contribution in [3.05, 3.63) is 51.9 Å². The minimum absolute atomic E-state index is 0.246. The normalized spacial score (nSPS) is 10.4. The Bertz CT molecular complexity index is 705. The molecule has 1 aromatic carbocycles. The SMILES string of the molecule is COc1ccc(CCn2cc(O)c(=O)c(C(C)=O)n2)cc1. The molecular weight excluding hydrogens is 272 g/mol. The van der Waals surface area contributed by atoms with Crippen molar-refractivity contribution < 1.29 is 14.6 Å². The van der Waals surface area contributed by atoms with E-state index < -0.39 is 17.0 Å². The van der Waals surface area contributed by atoms with Crippen molar-refractivity contribution in [2.24, 2.45) is 0 Å². The van der Waals surface area contributed by atoms with Gasteiger partial charge in [0.15, 0.2) is 17.2 Å². The molecule has 2 aromatic rings. The van der Waals surface area contributed by atoms with Gasteiger partial charge in [-0.05, 0) is 24.1 Å². The van der Waals surface area contributed by atoms with Crippen molar-refractivity contribution >= 4 is 5.78 Å². The Morgan fingerprint density at radius 3 is 2.57 bits per heavy atom. The molecule has 21 heavy (non-hydrogen) atoms. The van der Waals surface area contributed by atoms with E-state index in [9.17, 15) is 14.7 Å². The number of nitrogens with zero attached hydrogens (tertiary/aromatic N) is 2. The van der Waals surface area contributed by atoms with Crippen molar-refractivity contribution in [3.63, 3.8) is 0 Å². The Balaban J connectivity index is 2.16. The van der Waals surface area contributed by atoms with Crippen LogP contribution in [0.25, 0.3) is 0 Å². The van der Waals surface area contributed by atoms with Crippen LogP contribution in [0.15, 0.2) is 35.3 Å². The molecule has 0 radical (unpaired) electrons. The van der Waals surface area contributed by atoms with Gasteiger partial charge in [0, 0.05) is 13.5 Å². The number of rotatable bonds is 5. The summed E-state index contributed by atoms with van der Waals surface area (Å²) < 4.78 is 6.48. The van der Waals surface area contributed by atoms with E-state index >= 15 is 0 Å². The fourth-order valence-electron chi connectivity index (χ4n) is 1.90. The zero-order valence-electron chi connectivity index (χ0n) is 11.9. The summed E-state index contributed by atoms with van der Waals surface area (Å²) in [5.74, 6) is -0.157. The van der Waals surface area contributed by atoms with Gasteiger partial charge in [0.1, 0.15) is 5.75 Å². The molecule has 0 bridgehead atoms. The third-order valence-electron chi connectivity index (χ3n) is 3.07. The van der Waals surface area contributed by atoms with Crippen molar-refractivity contribution in [2.45, 2.75) is 19.9 Å². The predicted molar refractivity (Wildman–Crippen MR) is 76.9 cm³/mol. The number of aromatic hydroxyl groups is 1. The number of hydrogen-bond acceptors (Lipinski definition) is 5. The monoisotopic (exact) mass is 288 g/mol. The molecule has 0 unspecified atom stereocenters. The molecule has 1 heterocycles. The van der Waals surface area contributed by atoms with Crippen LogP contribution >= 0.6 is 0 Å². The number of methoxy groups -OCH3 is 1. The van der Waals surface area contributed by atoms with Gasteiger partial charge in [0.25, 0.3) is 5.43 Å². The van der Waals surface area contributed by atoms with Crippen LogP contribution in [0.2, 0.25) is 0 Å². The van der Waals surface area contributed by atoms with Gasteiger partial charge in [-0.2, -0.15) is 5.10 Å². The maximum Gasteiger partial charge on any atom is 0.252 e. The third kappa shape index (κ3) is 3.47.